The van der Waals surface area contributed by atoms with Crippen molar-refractivity contribution in [3.05, 3.63) is 64.7 Å². The van der Waals surface area contributed by atoms with Gasteiger partial charge in [0.05, 0.1) is 18.8 Å². The number of unbranched alkanes of at least 4 members (excludes halogenated alkanes) is 1. The van der Waals surface area contributed by atoms with Crippen molar-refractivity contribution >= 4 is 11.8 Å². The second-order valence-electron chi connectivity index (χ2n) is 6.27. The Morgan fingerprint density at radius 2 is 1.58 bits per heavy atom. The van der Waals surface area contributed by atoms with Crippen LogP contribution in [0.3, 0.4) is 0 Å². The van der Waals surface area contributed by atoms with Crippen molar-refractivity contribution in [2.45, 2.75) is 40.0 Å². The van der Waals surface area contributed by atoms with Crippen LogP contribution in [0.25, 0.3) is 0 Å². The number of esters is 1. The van der Waals surface area contributed by atoms with Crippen LogP contribution in [0.5, 0.6) is 5.75 Å². The van der Waals surface area contributed by atoms with Crippen LogP contribution in [0.2, 0.25) is 0 Å². The summed E-state index contributed by atoms with van der Waals surface area (Å²) in [6.07, 6.45) is 2.11. The molecule has 138 valence electrons. The third-order valence-corrected chi connectivity index (χ3v) is 4.26. The molecule has 4 nitrogen and oxygen atoms in total. The molecule has 0 heterocycles. The van der Waals surface area contributed by atoms with Gasteiger partial charge in [-0.25, -0.2) is 4.79 Å². The van der Waals surface area contributed by atoms with E-state index in [1.165, 1.54) is 5.56 Å². The van der Waals surface area contributed by atoms with Crippen molar-refractivity contribution in [1.29, 1.82) is 0 Å². The van der Waals surface area contributed by atoms with E-state index >= 15 is 0 Å². The number of ether oxygens (including phenoxy) is 2. The van der Waals surface area contributed by atoms with Gasteiger partial charge in [-0.15, -0.1) is 0 Å². The lowest BCUT2D eigenvalue weighted by Crippen LogP contribution is -2.05. The lowest BCUT2D eigenvalue weighted by molar-refractivity contribution is 0.0526. The lowest BCUT2D eigenvalue weighted by Gasteiger charge is -2.08. The van der Waals surface area contributed by atoms with Crippen LogP contribution in [0.4, 0.5) is 0 Å². The van der Waals surface area contributed by atoms with Crippen LogP contribution in [0.1, 0.15) is 58.0 Å². The molecule has 0 aliphatic carbocycles. The summed E-state index contributed by atoms with van der Waals surface area (Å²) in [5, 5.41) is 0. The minimum Gasteiger partial charge on any atom is -0.494 e. The van der Waals surface area contributed by atoms with Crippen LogP contribution >= 0.6 is 0 Å². The number of aryl methyl sites for hydroxylation is 2. The first-order chi connectivity index (χ1) is 12.5. The number of benzene rings is 2. The van der Waals surface area contributed by atoms with Gasteiger partial charge < -0.3 is 9.47 Å². The highest BCUT2D eigenvalue weighted by Gasteiger charge is 2.08. The first kappa shape index (κ1) is 19.7. The summed E-state index contributed by atoms with van der Waals surface area (Å²) in [5.41, 5.74) is 3.64. The Balaban J connectivity index is 1.71. The Labute approximate surface area is 155 Å². The molecule has 0 aliphatic rings. The first-order valence-corrected chi connectivity index (χ1v) is 9.01. The normalized spacial score (nSPS) is 10.4. The Morgan fingerprint density at radius 3 is 2.23 bits per heavy atom. The standard InChI is InChI=1S/C22H26O4/c1-4-25-22(24)18-10-12-20(13-11-18)26-14-6-5-7-21(23)19-9-8-16(2)17(3)15-19/h8-13,15H,4-7,14H2,1-3H3. The van der Waals surface area contributed by atoms with Gasteiger partial charge in [0.2, 0.25) is 0 Å². The number of rotatable bonds is 9. The van der Waals surface area contributed by atoms with Crippen molar-refractivity contribution in [3.63, 3.8) is 0 Å². The number of Topliss-reactive ketones (excluding diaryl/α,β-unsaturated/α-hetero) is 1. The quantitative estimate of drug-likeness (QED) is 0.365. The second-order valence-corrected chi connectivity index (χ2v) is 6.27. The minimum atomic E-state index is -0.330. The molecule has 0 fully saturated rings. The molecule has 0 saturated carbocycles. The van der Waals surface area contributed by atoms with Gasteiger partial charge >= 0.3 is 5.97 Å². The maximum atomic E-state index is 12.2. The molecule has 0 aromatic heterocycles. The third kappa shape index (κ3) is 5.73. The SMILES string of the molecule is CCOC(=O)c1ccc(OCCCCC(=O)c2ccc(C)c(C)c2)cc1. The Bertz CT molecular complexity index is 747. The minimum absolute atomic E-state index is 0.173. The molecule has 0 N–H and O–H groups in total. The average molecular weight is 354 g/mol. The fourth-order valence-corrected chi connectivity index (χ4v) is 2.54. The molecule has 26 heavy (non-hydrogen) atoms. The lowest BCUT2D eigenvalue weighted by atomic mass is 10.0. The molecule has 0 bridgehead atoms. The van der Waals surface area contributed by atoms with Gasteiger partial charge in [-0.05, 0) is 75.1 Å². The molecule has 2 aromatic carbocycles. The Morgan fingerprint density at radius 1 is 0.885 bits per heavy atom. The summed E-state index contributed by atoms with van der Waals surface area (Å²) in [6, 6.07) is 12.7. The summed E-state index contributed by atoms with van der Waals surface area (Å²) in [6.45, 7) is 6.74. The summed E-state index contributed by atoms with van der Waals surface area (Å²) in [5.74, 6) is 0.550. The van der Waals surface area contributed by atoms with E-state index in [1.54, 1.807) is 31.2 Å². The van der Waals surface area contributed by atoms with Crippen LogP contribution in [0.15, 0.2) is 42.5 Å². The molecule has 0 amide bonds. The molecule has 0 radical (unpaired) electrons. The van der Waals surface area contributed by atoms with Gasteiger partial charge in [0.15, 0.2) is 5.78 Å². The zero-order valence-corrected chi connectivity index (χ0v) is 15.7. The van der Waals surface area contributed by atoms with E-state index in [-0.39, 0.29) is 11.8 Å². The van der Waals surface area contributed by atoms with Crippen molar-refractivity contribution in [1.82, 2.24) is 0 Å². The fraction of sp³-hybridized carbons (Fsp3) is 0.364. The topological polar surface area (TPSA) is 52.6 Å². The highest BCUT2D eigenvalue weighted by molar-refractivity contribution is 5.96. The largest absolute Gasteiger partial charge is 0.494 e. The van der Waals surface area contributed by atoms with E-state index < -0.39 is 0 Å². The van der Waals surface area contributed by atoms with E-state index in [9.17, 15) is 9.59 Å². The van der Waals surface area contributed by atoms with Gasteiger partial charge in [-0.2, -0.15) is 0 Å². The molecule has 0 spiro atoms. The molecule has 0 aliphatic heterocycles. The molecule has 2 aromatic rings. The van der Waals surface area contributed by atoms with Gasteiger partial charge in [-0.1, -0.05) is 12.1 Å². The molecule has 0 unspecified atom stereocenters. The molecule has 0 atom stereocenters. The number of ketones is 1. The predicted octanol–water partition coefficient (Wildman–Crippen LogP) is 4.91. The van der Waals surface area contributed by atoms with Crippen LogP contribution in [0, 0.1) is 13.8 Å². The summed E-state index contributed by atoms with van der Waals surface area (Å²) < 4.78 is 10.6. The van der Waals surface area contributed by atoms with Crippen molar-refractivity contribution in [2.75, 3.05) is 13.2 Å². The average Bonchev–Trinajstić information content (AvgIpc) is 2.64. The molecular formula is C22H26O4. The van der Waals surface area contributed by atoms with E-state index in [2.05, 4.69) is 0 Å². The van der Waals surface area contributed by atoms with Crippen LogP contribution in [-0.4, -0.2) is 25.0 Å². The zero-order valence-electron chi connectivity index (χ0n) is 15.7. The maximum Gasteiger partial charge on any atom is 0.338 e. The van der Waals surface area contributed by atoms with E-state index in [0.717, 1.165) is 24.0 Å². The van der Waals surface area contributed by atoms with Gasteiger partial charge in [0.1, 0.15) is 5.75 Å². The summed E-state index contributed by atoms with van der Waals surface area (Å²) in [4.78, 5) is 23.8. The van der Waals surface area contributed by atoms with Gasteiger partial charge in [0, 0.05) is 12.0 Å². The summed E-state index contributed by atoms with van der Waals surface area (Å²) >= 11 is 0. The van der Waals surface area contributed by atoms with Crippen molar-refractivity contribution < 1.29 is 19.1 Å². The second kappa shape index (κ2) is 9.76. The highest BCUT2D eigenvalue weighted by Crippen LogP contribution is 2.15. The van der Waals surface area contributed by atoms with Crippen LogP contribution < -0.4 is 4.74 Å². The Hall–Kier alpha value is -2.62. The number of carbonyl (C=O) groups excluding carboxylic acids is 2. The molecular weight excluding hydrogens is 328 g/mol. The van der Waals surface area contributed by atoms with Gasteiger partial charge in [0.25, 0.3) is 0 Å². The maximum absolute atomic E-state index is 12.2. The van der Waals surface area contributed by atoms with E-state index in [1.807, 2.05) is 32.0 Å². The summed E-state index contributed by atoms with van der Waals surface area (Å²) in [7, 11) is 0. The van der Waals surface area contributed by atoms with Crippen LogP contribution in [-0.2, 0) is 4.74 Å². The third-order valence-electron chi connectivity index (χ3n) is 4.26. The van der Waals surface area contributed by atoms with E-state index in [0.29, 0.717) is 30.9 Å². The molecule has 2 rings (SSSR count). The van der Waals surface area contributed by atoms with E-state index in [4.69, 9.17) is 9.47 Å². The monoisotopic (exact) mass is 354 g/mol. The fourth-order valence-electron chi connectivity index (χ4n) is 2.54. The Kier molecular flexibility index (Phi) is 7.39. The molecule has 0 saturated heterocycles. The number of hydrogen-bond acceptors (Lipinski definition) is 4. The van der Waals surface area contributed by atoms with Crippen molar-refractivity contribution in [2.24, 2.45) is 0 Å². The van der Waals surface area contributed by atoms with Gasteiger partial charge in [-0.3, -0.25) is 4.79 Å². The first-order valence-electron chi connectivity index (χ1n) is 9.01. The zero-order chi connectivity index (χ0) is 18.9. The molecule has 4 heteroatoms. The number of carbonyl (C=O) groups is 2. The van der Waals surface area contributed by atoms with Crippen molar-refractivity contribution in [3.8, 4) is 5.75 Å². The highest BCUT2D eigenvalue weighted by atomic mass is 16.5. The number of hydrogen-bond donors (Lipinski definition) is 0. The predicted molar refractivity (Wildman–Crippen MR) is 102 cm³/mol. The smallest absolute Gasteiger partial charge is 0.338 e.